The van der Waals surface area contributed by atoms with Crippen molar-refractivity contribution in [2.45, 2.75) is 0 Å². The van der Waals surface area contributed by atoms with Crippen LogP contribution in [0.5, 0.6) is 0 Å². The average Bonchev–Trinajstić information content (AvgIpc) is 2.40. The first-order chi connectivity index (χ1) is 7.04. The van der Waals surface area contributed by atoms with Gasteiger partial charge < -0.3 is 5.11 Å². The van der Waals surface area contributed by atoms with Crippen molar-refractivity contribution < 1.29 is 19.5 Å². The van der Waals surface area contributed by atoms with E-state index >= 15 is 0 Å². The highest BCUT2D eigenvalue weighted by molar-refractivity contribution is 6.30. The van der Waals surface area contributed by atoms with Gasteiger partial charge in [-0.3, -0.25) is 14.4 Å². The molecule has 4 heteroatoms. The summed E-state index contributed by atoms with van der Waals surface area (Å²) in [5.41, 5.74) is 0.731. The topological polar surface area (TPSA) is 71.4 Å². The first-order valence-corrected chi connectivity index (χ1v) is 4.42. The number of hydrogen-bond donors (Lipinski definition) is 1. The van der Waals surface area contributed by atoms with Crippen molar-refractivity contribution in [3.8, 4) is 0 Å². The standard InChI is InChI=1S/C11H8O4/c1-5-3-2-4-6-7(5)10(13)8(9(6)12)11(14)15/h2-4,7-8H,1H2,(H,14,15). The van der Waals surface area contributed by atoms with Crippen LogP contribution in [0.3, 0.4) is 0 Å². The van der Waals surface area contributed by atoms with Gasteiger partial charge in [-0.25, -0.2) is 0 Å². The van der Waals surface area contributed by atoms with Crippen molar-refractivity contribution in [3.63, 3.8) is 0 Å². The fourth-order valence-electron chi connectivity index (χ4n) is 1.92. The van der Waals surface area contributed by atoms with Crippen molar-refractivity contribution in [1.82, 2.24) is 0 Å². The SMILES string of the molecule is C=C1C=CC=C2C(=O)C(C(=O)O)C(=O)C12. The Kier molecular flexibility index (Phi) is 1.93. The summed E-state index contributed by atoms with van der Waals surface area (Å²) in [5.74, 6) is -4.86. The minimum Gasteiger partial charge on any atom is -0.480 e. The summed E-state index contributed by atoms with van der Waals surface area (Å²) in [6.07, 6.45) is 4.70. The third-order valence-electron chi connectivity index (χ3n) is 2.63. The van der Waals surface area contributed by atoms with Gasteiger partial charge >= 0.3 is 5.97 Å². The zero-order valence-electron chi connectivity index (χ0n) is 7.77. The number of rotatable bonds is 1. The second-order valence-corrected chi connectivity index (χ2v) is 3.53. The second kappa shape index (κ2) is 3.02. The number of carbonyl (C=O) groups excluding carboxylic acids is 2. The normalized spacial score (nSPS) is 29.1. The van der Waals surface area contributed by atoms with Gasteiger partial charge in [0.25, 0.3) is 0 Å². The molecule has 2 unspecified atom stereocenters. The highest BCUT2D eigenvalue weighted by Gasteiger charge is 2.50. The number of aliphatic carboxylic acids is 1. The number of hydrogen-bond acceptors (Lipinski definition) is 3. The predicted molar refractivity (Wildman–Crippen MR) is 51.0 cm³/mol. The lowest BCUT2D eigenvalue weighted by atomic mass is 9.89. The molecule has 1 fully saturated rings. The summed E-state index contributed by atoms with van der Waals surface area (Å²) in [6.45, 7) is 3.64. The van der Waals surface area contributed by atoms with E-state index in [1.165, 1.54) is 6.08 Å². The quantitative estimate of drug-likeness (QED) is 0.631. The maximum absolute atomic E-state index is 11.7. The van der Waals surface area contributed by atoms with Crippen LogP contribution in [0.15, 0.2) is 36.0 Å². The number of ketones is 2. The van der Waals surface area contributed by atoms with Gasteiger partial charge in [-0.15, -0.1) is 0 Å². The summed E-state index contributed by atoms with van der Waals surface area (Å²) in [4.78, 5) is 34.0. The fraction of sp³-hybridized carbons (Fsp3) is 0.182. The van der Waals surface area contributed by atoms with E-state index in [1.807, 2.05) is 0 Å². The van der Waals surface area contributed by atoms with Gasteiger partial charge in [0.1, 0.15) is 0 Å². The molecule has 2 rings (SSSR count). The van der Waals surface area contributed by atoms with Crippen LogP contribution >= 0.6 is 0 Å². The van der Waals surface area contributed by atoms with E-state index in [0.29, 0.717) is 5.57 Å². The minimum atomic E-state index is -1.54. The molecule has 76 valence electrons. The Hall–Kier alpha value is -1.97. The van der Waals surface area contributed by atoms with Crippen LogP contribution in [0.25, 0.3) is 0 Å². The molecule has 15 heavy (non-hydrogen) atoms. The third kappa shape index (κ3) is 1.18. The number of allylic oxidation sites excluding steroid dienone is 5. The van der Waals surface area contributed by atoms with Crippen molar-refractivity contribution in [2.75, 3.05) is 0 Å². The number of Topliss-reactive ketones (excluding diaryl/α,β-unsaturated/α-hetero) is 2. The molecule has 2 aliphatic rings. The van der Waals surface area contributed by atoms with Crippen LogP contribution in [0.1, 0.15) is 0 Å². The zero-order valence-corrected chi connectivity index (χ0v) is 7.77. The molecule has 0 heterocycles. The first-order valence-electron chi connectivity index (χ1n) is 4.42. The van der Waals surface area contributed by atoms with E-state index in [4.69, 9.17) is 5.11 Å². The number of carbonyl (C=O) groups is 3. The van der Waals surface area contributed by atoms with Crippen molar-refractivity contribution in [2.24, 2.45) is 11.8 Å². The molecule has 0 spiro atoms. The first kappa shape index (κ1) is 9.58. The van der Waals surface area contributed by atoms with Gasteiger partial charge in [-0.2, -0.15) is 0 Å². The van der Waals surface area contributed by atoms with Crippen LogP contribution in [-0.4, -0.2) is 22.6 Å². The maximum Gasteiger partial charge on any atom is 0.322 e. The zero-order chi connectivity index (χ0) is 11.2. The highest BCUT2D eigenvalue weighted by atomic mass is 16.4. The van der Waals surface area contributed by atoms with Gasteiger partial charge in [0.2, 0.25) is 0 Å². The lowest BCUT2D eigenvalue weighted by Gasteiger charge is -2.12. The molecular weight excluding hydrogens is 196 g/mol. The molecule has 4 nitrogen and oxygen atoms in total. The Labute approximate surface area is 85.6 Å². The van der Waals surface area contributed by atoms with Crippen LogP contribution in [-0.2, 0) is 14.4 Å². The summed E-state index contributed by atoms with van der Waals surface area (Å²) in [5, 5.41) is 8.77. The Morgan fingerprint density at radius 2 is 2.07 bits per heavy atom. The van der Waals surface area contributed by atoms with Crippen molar-refractivity contribution in [1.29, 1.82) is 0 Å². The van der Waals surface area contributed by atoms with Crippen molar-refractivity contribution >= 4 is 17.5 Å². The fourth-order valence-corrected chi connectivity index (χ4v) is 1.92. The van der Waals surface area contributed by atoms with Crippen LogP contribution < -0.4 is 0 Å². The van der Waals surface area contributed by atoms with Gasteiger partial charge in [-0.05, 0) is 5.57 Å². The van der Waals surface area contributed by atoms with E-state index < -0.39 is 29.4 Å². The van der Waals surface area contributed by atoms with E-state index in [2.05, 4.69) is 6.58 Å². The van der Waals surface area contributed by atoms with E-state index in [-0.39, 0.29) is 5.57 Å². The van der Waals surface area contributed by atoms with E-state index in [9.17, 15) is 14.4 Å². The number of fused-ring (bicyclic) bond motifs is 1. The van der Waals surface area contributed by atoms with Crippen LogP contribution in [0.2, 0.25) is 0 Å². The molecule has 0 bridgehead atoms. The molecule has 0 radical (unpaired) electrons. The molecule has 2 atom stereocenters. The number of carboxylic acids is 1. The molecule has 0 aromatic rings. The van der Waals surface area contributed by atoms with E-state index in [1.54, 1.807) is 12.2 Å². The van der Waals surface area contributed by atoms with E-state index in [0.717, 1.165) is 0 Å². The van der Waals surface area contributed by atoms with Gasteiger partial charge in [-0.1, -0.05) is 24.8 Å². The second-order valence-electron chi connectivity index (χ2n) is 3.53. The largest absolute Gasteiger partial charge is 0.480 e. The van der Waals surface area contributed by atoms with Crippen molar-refractivity contribution in [3.05, 3.63) is 36.0 Å². The smallest absolute Gasteiger partial charge is 0.322 e. The Morgan fingerprint density at radius 1 is 1.40 bits per heavy atom. The summed E-state index contributed by atoms with van der Waals surface area (Å²) < 4.78 is 0. The molecule has 0 aromatic carbocycles. The van der Waals surface area contributed by atoms with Gasteiger partial charge in [0.15, 0.2) is 17.5 Å². The Bertz CT molecular complexity index is 453. The summed E-state index contributed by atoms with van der Waals surface area (Å²) >= 11 is 0. The third-order valence-corrected chi connectivity index (χ3v) is 2.63. The molecule has 0 aliphatic heterocycles. The molecule has 1 N–H and O–H groups in total. The van der Waals surface area contributed by atoms with Crippen LogP contribution in [0.4, 0.5) is 0 Å². The molecule has 0 aromatic heterocycles. The van der Waals surface area contributed by atoms with Gasteiger partial charge in [0, 0.05) is 5.57 Å². The maximum atomic E-state index is 11.7. The average molecular weight is 204 g/mol. The molecule has 2 aliphatic carbocycles. The van der Waals surface area contributed by atoms with Crippen LogP contribution in [0, 0.1) is 11.8 Å². The molecule has 0 saturated heterocycles. The minimum absolute atomic E-state index is 0.250. The summed E-state index contributed by atoms with van der Waals surface area (Å²) in [7, 11) is 0. The molecule has 1 saturated carbocycles. The Morgan fingerprint density at radius 3 is 2.60 bits per heavy atom. The lowest BCUT2D eigenvalue weighted by Crippen LogP contribution is -2.26. The predicted octanol–water partition coefficient (Wildman–Crippen LogP) is 0.508. The number of carboxylic acid groups (broad SMARTS) is 1. The molecule has 0 amide bonds. The highest BCUT2D eigenvalue weighted by Crippen LogP contribution is 2.36. The Balaban J connectivity index is 2.51. The van der Waals surface area contributed by atoms with Gasteiger partial charge in [0.05, 0.1) is 5.92 Å². The monoisotopic (exact) mass is 204 g/mol. The summed E-state index contributed by atoms with van der Waals surface area (Å²) in [6, 6.07) is 0. The molecular formula is C11H8O4. The lowest BCUT2D eigenvalue weighted by molar-refractivity contribution is -0.147.